The maximum Gasteiger partial charge on any atom is 0.311 e. The molecular formula is C10H14N4O4. The van der Waals surface area contributed by atoms with E-state index in [0.717, 1.165) is 0 Å². The van der Waals surface area contributed by atoms with Gasteiger partial charge in [-0.15, -0.1) is 0 Å². The maximum atomic E-state index is 10.8. The van der Waals surface area contributed by atoms with Crippen molar-refractivity contribution in [2.24, 2.45) is 5.73 Å². The molecule has 0 aliphatic rings. The van der Waals surface area contributed by atoms with Gasteiger partial charge in [0.2, 0.25) is 11.7 Å². The Labute approximate surface area is 103 Å². The molecule has 0 radical (unpaired) electrons. The van der Waals surface area contributed by atoms with E-state index in [-0.39, 0.29) is 24.7 Å². The monoisotopic (exact) mass is 254 g/mol. The molecule has 1 aromatic heterocycles. The molecule has 18 heavy (non-hydrogen) atoms. The van der Waals surface area contributed by atoms with E-state index in [1.165, 1.54) is 12.3 Å². The number of nitrogens with two attached hydrogens (primary N) is 1. The Bertz CT molecular complexity index is 450. The van der Waals surface area contributed by atoms with Crippen LogP contribution in [-0.2, 0) is 9.53 Å². The Morgan fingerprint density at radius 1 is 1.67 bits per heavy atom. The van der Waals surface area contributed by atoms with E-state index in [9.17, 15) is 14.9 Å². The van der Waals surface area contributed by atoms with Crippen LogP contribution in [0.4, 0.5) is 11.5 Å². The number of ether oxygens (including phenoxy) is 1. The highest BCUT2D eigenvalue weighted by molar-refractivity contribution is 5.74. The number of hydrogen-bond acceptors (Lipinski definition) is 6. The number of anilines is 1. The van der Waals surface area contributed by atoms with Crippen LogP contribution in [0.1, 0.15) is 5.56 Å². The molecule has 0 aromatic carbocycles. The minimum absolute atomic E-state index is 0.0927. The summed E-state index contributed by atoms with van der Waals surface area (Å²) in [5, 5.41) is 13.6. The molecule has 8 heteroatoms. The number of nitro groups is 1. The van der Waals surface area contributed by atoms with Gasteiger partial charge in [-0.3, -0.25) is 14.9 Å². The zero-order valence-corrected chi connectivity index (χ0v) is 9.88. The van der Waals surface area contributed by atoms with Crippen LogP contribution in [0.3, 0.4) is 0 Å². The highest BCUT2D eigenvalue weighted by Crippen LogP contribution is 2.21. The lowest BCUT2D eigenvalue weighted by molar-refractivity contribution is -0.384. The number of aromatic nitrogens is 1. The first-order chi connectivity index (χ1) is 8.50. The number of nitrogens with zero attached hydrogens (tertiary/aromatic N) is 2. The molecule has 0 atom stereocenters. The average molecular weight is 254 g/mol. The summed E-state index contributed by atoms with van der Waals surface area (Å²) in [6, 6.07) is 1.43. The van der Waals surface area contributed by atoms with E-state index < -0.39 is 10.8 Å². The van der Waals surface area contributed by atoms with Gasteiger partial charge in [-0.05, 0) is 12.5 Å². The third-order valence-corrected chi connectivity index (χ3v) is 1.98. The number of carbonyl (C=O) groups is 1. The second-order valence-corrected chi connectivity index (χ2v) is 3.58. The number of nitrogens with one attached hydrogen (secondary N) is 1. The number of hydrogen-bond donors (Lipinski definition) is 2. The number of aryl methyl sites for hydroxylation is 1. The molecule has 1 amide bonds. The smallest absolute Gasteiger partial charge is 0.311 e. The zero-order valence-electron chi connectivity index (χ0n) is 9.88. The molecule has 3 N–H and O–H groups in total. The first kappa shape index (κ1) is 13.8. The molecular weight excluding hydrogens is 240 g/mol. The summed E-state index contributed by atoms with van der Waals surface area (Å²) < 4.78 is 4.91. The van der Waals surface area contributed by atoms with Gasteiger partial charge in [-0.25, -0.2) is 4.98 Å². The van der Waals surface area contributed by atoms with Crippen LogP contribution in [0.15, 0.2) is 12.3 Å². The third-order valence-electron chi connectivity index (χ3n) is 1.98. The largest absolute Gasteiger partial charge is 0.370 e. The Morgan fingerprint density at radius 2 is 2.39 bits per heavy atom. The molecule has 1 heterocycles. The Balaban J connectivity index is 2.51. The Morgan fingerprint density at radius 3 is 3.00 bits per heavy atom. The van der Waals surface area contributed by atoms with Gasteiger partial charge in [0, 0.05) is 18.8 Å². The number of rotatable bonds is 7. The van der Waals surface area contributed by atoms with Crippen molar-refractivity contribution in [3.8, 4) is 0 Å². The van der Waals surface area contributed by atoms with E-state index in [2.05, 4.69) is 10.3 Å². The molecule has 0 spiro atoms. The van der Waals surface area contributed by atoms with Crippen LogP contribution in [0.25, 0.3) is 0 Å². The molecule has 0 aliphatic heterocycles. The Kier molecular flexibility index (Phi) is 5.00. The first-order valence-electron chi connectivity index (χ1n) is 5.21. The van der Waals surface area contributed by atoms with E-state index in [4.69, 9.17) is 10.5 Å². The van der Waals surface area contributed by atoms with Crippen molar-refractivity contribution in [1.29, 1.82) is 0 Å². The summed E-state index contributed by atoms with van der Waals surface area (Å²) in [6.45, 7) is 2.05. The van der Waals surface area contributed by atoms with Gasteiger partial charge in [0.1, 0.15) is 6.61 Å². The van der Waals surface area contributed by atoms with Crippen LogP contribution in [-0.4, -0.2) is 35.6 Å². The van der Waals surface area contributed by atoms with Crippen molar-refractivity contribution in [3.63, 3.8) is 0 Å². The number of amides is 1. The van der Waals surface area contributed by atoms with Crippen LogP contribution in [0.2, 0.25) is 0 Å². The first-order valence-corrected chi connectivity index (χ1v) is 5.21. The molecule has 0 saturated heterocycles. The Hall–Kier alpha value is -2.22. The van der Waals surface area contributed by atoms with E-state index in [1.807, 2.05) is 0 Å². The van der Waals surface area contributed by atoms with Crippen molar-refractivity contribution in [2.75, 3.05) is 25.1 Å². The van der Waals surface area contributed by atoms with Gasteiger partial charge < -0.3 is 15.8 Å². The minimum Gasteiger partial charge on any atom is -0.370 e. The van der Waals surface area contributed by atoms with Crippen LogP contribution < -0.4 is 11.1 Å². The van der Waals surface area contributed by atoms with Gasteiger partial charge in [0.15, 0.2) is 0 Å². The van der Waals surface area contributed by atoms with Gasteiger partial charge in [0.25, 0.3) is 0 Å². The summed E-state index contributed by atoms with van der Waals surface area (Å²) in [7, 11) is 0. The quantitative estimate of drug-likeness (QED) is 0.407. The zero-order chi connectivity index (χ0) is 13.5. The number of pyridine rings is 1. The van der Waals surface area contributed by atoms with Crippen molar-refractivity contribution in [2.45, 2.75) is 6.92 Å². The molecule has 0 fully saturated rings. The second kappa shape index (κ2) is 6.50. The standard InChI is InChI=1S/C10H14N4O4/c1-7-4-8(14(16)17)10(13-5-7)12-2-3-18-6-9(11)15/h4-5H,2-3,6H2,1H3,(H2,11,15)(H,12,13). The summed E-state index contributed by atoms with van der Waals surface area (Å²) >= 11 is 0. The van der Waals surface area contributed by atoms with Crippen molar-refractivity contribution >= 4 is 17.4 Å². The van der Waals surface area contributed by atoms with E-state index >= 15 is 0 Å². The van der Waals surface area contributed by atoms with Gasteiger partial charge in [-0.1, -0.05) is 0 Å². The highest BCUT2D eigenvalue weighted by atomic mass is 16.6. The second-order valence-electron chi connectivity index (χ2n) is 3.58. The summed E-state index contributed by atoms with van der Waals surface area (Å²) in [6.07, 6.45) is 1.53. The molecule has 0 aliphatic carbocycles. The lowest BCUT2D eigenvalue weighted by Gasteiger charge is -2.06. The minimum atomic E-state index is -0.561. The summed E-state index contributed by atoms with van der Waals surface area (Å²) in [5.41, 5.74) is 5.49. The lowest BCUT2D eigenvalue weighted by Crippen LogP contribution is -2.20. The fourth-order valence-corrected chi connectivity index (χ4v) is 1.24. The lowest BCUT2D eigenvalue weighted by atomic mass is 10.3. The SMILES string of the molecule is Cc1cnc(NCCOCC(N)=O)c([N+](=O)[O-])c1. The topological polar surface area (TPSA) is 120 Å². The number of primary amides is 1. The molecule has 0 unspecified atom stereocenters. The molecule has 1 aromatic rings. The van der Waals surface area contributed by atoms with Crippen molar-refractivity contribution in [3.05, 3.63) is 27.9 Å². The van der Waals surface area contributed by atoms with Gasteiger partial charge >= 0.3 is 5.69 Å². The molecule has 1 rings (SSSR count). The third kappa shape index (κ3) is 4.34. The molecule has 8 nitrogen and oxygen atoms in total. The van der Waals surface area contributed by atoms with E-state index in [0.29, 0.717) is 12.1 Å². The highest BCUT2D eigenvalue weighted by Gasteiger charge is 2.14. The molecule has 98 valence electrons. The predicted molar refractivity (Wildman–Crippen MR) is 64.1 cm³/mol. The predicted octanol–water partition coefficient (Wildman–Crippen LogP) is 0.212. The average Bonchev–Trinajstić information content (AvgIpc) is 2.29. The maximum absolute atomic E-state index is 10.8. The van der Waals surface area contributed by atoms with Crippen LogP contribution in [0.5, 0.6) is 0 Å². The van der Waals surface area contributed by atoms with E-state index in [1.54, 1.807) is 6.92 Å². The van der Waals surface area contributed by atoms with Gasteiger partial charge in [0.05, 0.1) is 11.5 Å². The molecule has 0 bridgehead atoms. The van der Waals surface area contributed by atoms with Crippen LogP contribution in [0, 0.1) is 17.0 Å². The van der Waals surface area contributed by atoms with Gasteiger partial charge in [-0.2, -0.15) is 0 Å². The number of carbonyl (C=O) groups excluding carboxylic acids is 1. The van der Waals surface area contributed by atoms with Crippen molar-refractivity contribution in [1.82, 2.24) is 4.98 Å². The fourth-order valence-electron chi connectivity index (χ4n) is 1.24. The van der Waals surface area contributed by atoms with Crippen LogP contribution >= 0.6 is 0 Å². The molecule has 0 saturated carbocycles. The fraction of sp³-hybridized carbons (Fsp3) is 0.400. The summed E-state index contributed by atoms with van der Waals surface area (Å²) in [5.74, 6) is -0.386. The summed E-state index contributed by atoms with van der Waals surface area (Å²) in [4.78, 5) is 24.6. The van der Waals surface area contributed by atoms with Crippen molar-refractivity contribution < 1.29 is 14.5 Å². The normalized spacial score (nSPS) is 10.1.